The molecule has 1 aromatic carbocycles. The van der Waals surface area contributed by atoms with Crippen LogP contribution in [0.2, 0.25) is 0 Å². The predicted octanol–water partition coefficient (Wildman–Crippen LogP) is 3.74. The molecule has 0 aliphatic carbocycles. The highest BCUT2D eigenvalue weighted by molar-refractivity contribution is 6.56. The van der Waals surface area contributed by atoms with Gasteiger partial charge in [0.1, 0.15) is 12.3 Å². The van der Waals surface area contributed by atoms with E-state index in [1.165, 1.54) is 7.11 Å². The van der Waals surface area contributed by atoms with E-state index in [0.717, 1.165) is 11.1 Å². The number of esters is 1. The van der Waals surface area contributed by atoms with E-state index in [9.17, 15) is 9.59 Å². The first kappa shape index (κ1) is 23.6. The summed E-state index contributed by atoms with van der Waals surface area (Å²) in [6.45, 7) is 8.14. The normalized spacial score (nSPS) is 17.2. The molecule has 0 atom stereocenters. The van der Waals surface area contributed by atoms with Gasteiger partial charge in [0, 0.05) is 12.7 Å². The van der Waals surface area contributed by atoms with Crippen LogP contribution in [0.15, 0.2) is 48.1 Å². The van der Waals surface area contributed by atoms with Gasteiger partial charge in [-0.2, -0.15) is 0 Å². The van der Waals surface area contributed by atoms with Gasteiger partial charge in [-0.25, -0.2) is 9.59 Å². The zero-order valence-corrected chi connectivity index (χ0v) is 19.1. The van der Waals surface area contributed by atoms with E-state index in [1.54, 1.807) is 12.3 Å². The number of amides is 1. The van der Waals surface area contributed by atoms with Crippen molar-refractivity contribution in [1.29, 1.82) is 0 Å². The van der Waals surface area contributed by atoms with Crippen LogP contribution in [-0.2, 0) is 25.4 Å². The van der Waals surface area contributed by atoms with E-state index in [-0.39, 0.29) is 13.2 Å². The Labute approximate surface area is 188 Å². The van der Waals surface area contributed by atoms with Crippen LogP contribution in [0.25, 0.3) is 6.08 Å². The van der Waals surface area contributed by atoms with E-state index < -0.39 is 30.4 Å². The Kier molecular flexibility index (Phi) is 7.11. The highest BCUT2D eigenvalue weighted by atomic mass is 16.7. The Morgan fingerprint density at radius 2 is 1.78 bits per heavy atom. The fourth-order valence-electron chi connectivity index (χ4n) is 3.08. The molecular formula is C23H29BN2O6. The first-order valence-corrected chi connectivity index (χ1v) is 10.4. The minimum absolute atomic E-state index is 0.142. The van der Waals surface area contributed by atoms with E-state index in [1.807, 2.05) is 64.1 Å². The molecule has 1 fully saturated rings. The van der Waals surface area contributed by atoms with Crippen LogP contribution in [0.4, 0.5) is 4.79 Å². The van der Waals surface area contributed by atoms with Crippen molar-refractivity contribution in [2.45, 2.75) is 45.5 Å². The minimum Gasteiger partial charge on any atom is -0.464 e. The lowest BCUT2D eigenvalue weighted by Gasteiger charge is -2.32. The Morgan fingerprint density at radius 3 is 2.41 bits per heavy atom. The molecule has 1 aliphatic rings. The largest absolute Gasteiger partial charge is 0.492 e. The number of benzene rings is 1. The molecule has 0 spiro atoms. The number of carbonyl (C=O) groups excluding carboxylic acids is 2. The molecule has 0 unspecified atom stereocenters. The van der Waals surface area contributed by atoms with Crippen LogP contribution in [-0.4, -0.2) is 49.0 Å². The lowest BCUT2D eigenvalue weighted by Crippen LogP contribution is -2.41. The molecule has 170 valence electrons. The first-order chi connectivity index (χ1) is 15.1. The molecule has 1 aromatic heterocycles. The lowest BCUT2D eigenvalue weighted by atomic mass is 9.77. The number of aromatic nitrogens is 1. The van der Waals surface area contributed by atoms with Gasteiger partial charge in [-0.05, 0) is 50.4 Å². The Balaban J connectivity index is 1.73. The summed E-state index contributed by atoms with van der Waals surface area (Å²) >= 11 is 0. The van der Waals surface area contributed by atoms with Crippen molar-refractivity contribution >= 4 is 25.3 Å². The van der Waals surface area contributed by atoms with Crippen LogP contribution >= 0.6 is 0 Å². The summed E-state index contributed by atoms with van der Waals surface area (Å²) < 4.78 is 22.3. The molecule has 0 saturated carbocycles. The van der Waals surface area contributed by atoms with Crippen molar-refractivity contribution in [1.82, 2.24) is 10.3 Å². The molecule has 1 aliphatic heterocycles. The fraction of sp³-hybridized carbons (Fsp3) is 0.391. The molecule has 2 aromatic rings. The van der Waals surface area contributed by atoms with Crippen molar-refractivity contribution in [3.05, 3.63) is 64.9 Å². The monoisotopic (exact) mass is 440 g/mol. The number of alkyl carbamates (subject to hydrolysis) is 1. The number of hydrogen-bond acceptors (Lipinski definition) is 6. The molecule has 2 N–H and O–H groups in total. The van der Waals surface area contributed by atoms with Gasteiger partial charge in [0.05, 0.1) is 18.3 Å². The SMILES string of the molecule is COC(=O)c1cc(C=C(CNC(=O)OCc2ccccc2)B2OC(C)(C)C(C)(C)O2)c[nH]1. The predicted molar refractivity (Wildman–Crippen MR) is 121 cm³/mol. The van der Waals surface area contributed by atoms with Crippen molar-refractivity contribution in [2.24, 2.45) is 0 Å². The van der Waals surface area contributed by atoms with E-state index in [4.69, 9.17) is 18.8 Å². The smallest absolute Gasteiger partial charge is 0.464 e. The first-order valence-electron chi connectivity index (χ1n) is 10.4. The summed E-state index contributed by atoms with van der Waals surface area (Å²) in [5.41, 5.74) is 1.53. The number of nitrogens with one attached hydrogen (secondary N) is 2. The number of carbonyl (C=O) groups is 2. The topological polar surface area (TPSA) is 98.9 Å². The second-order valence-corrected chi connectivity index (χ2v) is 8.56. The second kappa shape index (κ2) is 9.62. The fourth-order valence-corrected chi connectivity index (χ4v) is 3.08. The number of ether oxygens (including phenoxy) is 2. The zero-order chi connectivity index (χ0) is 23.4. The molecule has 8 nitrogen and oxygen atoms in total. The molecule has 2 heterocycles. The molecule has 1 amide bonds. The van der Waals surface area contributed by atoms with Crippen LogP contribution in [0, 0.1) is 0 Å². The Morgan fingerprint density at radius 1 is 1.12 bits per heavy atom. The molecule has 1 saturated heterocycles. The summed E-state index contributed by atoms with van der Waals surface area (Å²) in [4.78, 5) is 26.9. The van der Waals surface area contributed by atoms with Gasteiger partial charge in [-0.1, -0.05) is 36.4 Å². The molecule has 3 rings (SSSR count). The van der Waals surface area contributed by atoms with Crippen molar-refractivity contribution < 1.29 is 28.4 Å². The van der Waals surface area contributed by atoms with E-state index in [0.29, 0.717) is 11.2 Å². The molecule has 0 radical (unpaired) electrons. The Bertz CT molecular complexity index is 967. The zero-order valence-electron chi connectivity index (χ0n) is 19.1. The van der Waals surface area contributed by atoms with Crippen molar-refractivity contribution in [2.75, 3.05) is 13.7 Å². The average Bonchev–Trinajstić information content (AvgIpc) is 3.31. The van der Waals surface area contributed by atoms with Gasteiger partial charge in [0.25, 0.3) is 0 Å². The third-order valence-electron chi connectivity index (χ3n) is 5.67. The third kappa shape index (κ3) is 5.60. The third-order valence-corrected chi connectivity index (χ3v) is 5.67. The van der Waals surface area contributed by atoms with Gasteiger partial charge < -0.3 is 29.1 Å². The van der Waals surface area contributed by atoms with E-state index in [2.05, 4.69) is 10.3 Å². The summed E-state index contributed by atoms with van der Waals surface area (Å²) in [7, 11) is 0.644. The molecular weight excluding hydrogens is 411 g/mol. The number of rotatable bonds is 7. The van der Waals surface area contributed by atoms with Crippen molar-refractivity contribution in [3.8, 4) is 0 Å². The van der Waals surface area contributed by atoms with Gasteiger partial charge >= 0.3 is 19.2 Å². The summed E-state index contributed by atoms with van der Waals surface area (Å²) in [5, 5.41) is 2.75. The Hall–Kier alpha value is -3.04. The van der Waals surface area contributed by atoms with Gasteiger partial charge in [0.15, 0.2) is 0 Å². The van der Waals surface area contributed by atoms with Gasteiger partial charge in [0.2, 0.25) is 0 Å². The number of aromatic amines is 1. The van der Waals surface area contributed by atoms with Crippen LogP contribution in [0.3, 0.4) is 0 Å². The maximum atomic E-state index is 12.3. The average molecular weight is 440 g/mol. The van der Waals surface area contributed by atoms with Gasteiger partial charge in [-0.15, -0.1) is 0 Å². The molecule has 32 heavy (non-hydrogen) atoms. The lowest BCUT2D eigenvalue weighted by molar-refractivity contribution is 0.00578. The van der Waals surface area contributed by atoms with Crippen LogP contribution < -0.4 is 5.32 Å². The van der Waals surface area contributed by atoms with E-state index >= 15 is 0 Å². The van der Waals surface area contributed by atoms with Gasteiger partial charge in [-0.3, -0.25) is 0 Å². The highest BCUT2D eigenvalue weighted by Gasteiger charge is 2.52. The minimum atomic E-state index is -0.675. The number of methoxy groups -OCH3 is 1. The van der Waals surface area contributed by atoms with Crippen molar-refractivity contribution in [3.63, 3.8) is 0 Å². The summed E-state index contributed by atoms with van der Waals surface area (Å²) in [6.07, 6.45) is 2.92. The standard InChI is InChI=1S/C23H29BN2O6/c1-22(2)23(3,4)32-24(31-22)18(11-17-12-19(25-13-17)20(27)29-5)14-26-21(28)30-15-16-9-7-6-8-10-16/h6-13,25H,14-15H2,1-5H3,(H,26,28). The quantitative estimate of drug-likeness (QED) is 0.503. The summed E-state index contributed by atoms with van der Waals surface area (Å²) in [5.74, 6) is -0.468. The number of H-pyrrole nitrogens is 1. The van der Waals surface area contributed by atoms with Crippen LogP contribution in [0.5, 0.6) is 0 Å². The molecule has 9 heteroatoms. The maximum absolute atomic E-state index is 12.3. The number of hydrogen-bond donors (Lipinski definition) is 2. The summed E-state index contributed by atoms with van der Waals surface area (Å²) in [6, 6.07) is 11.1. The molecule has 0 bridgehead atoms. The highest BCUT2D eigenvalue weighted by Crippen LogP contribution is 2.38. The maximum Gasteiger partial charge on any atom is 0.492 e. The van der Waals surface area contributed by atoms with Crippen LogP contribution in [0.1, 0.15) is 49.3 Å². The second-order valence-electron chi connectivity index (χ2n) is 8.56.